The fraction of sp³-hybridized carbons (Fsp3) is 0.800. The van der Waals surface area contributed by atoms with E-state index in [-0.39, 0.29) is 11.1 Å². The van der Waals surface area contributed by atoms with Crippen molar-refractivity contribution in [3.63, 3.8) is 0 Å². The van der Waals surface area contributed by atoms with Gasteiger partial charge < -0.3 is 21.1 Å². The number of nitrogens with two attached hydrogens (primary N) is 2. The highest BCUT2D eigenvalue weighted by Crippen LogP contribution is 2.37. The molecule has 2 aliphatic rings. The molecule has 2 rings (SSSR count). The molecule has 0 saturated carbocycles. The first-order chi connectivity index (χ1) is 6.47. The van der Waals surface area contributed by atoms with Crippen LogP contribution >= 0.6 is 0 Å². The topological polar surface area (TPSA) is 64.5 Å². The molecule has 0 radical (unpaired) electrons. The molecule has 14 heavy (non-hydrogen) atoms. The molecule has 2 unspecified atom stereocenters. The van der Waals surface area contributed by atoms with Gasteiger partial charge in [0.1, 0.15) is 5.76 Å². The maximum absolute atomic E-state index is 6.32. The van der Waals surface area contributed by atoms with E-state index in [0.29, 0.717) is 0 Å². The minimum atomic E-state index is -0.380. The lowest BCUT2D eigenvalue weighted by Gasteiger charge is -2.51. The summed E-state index contributed by atoms with van der Waals surface area (Å²) in [6.07, 6.45) is 3.74. The minimum absolute atomic E-state index is 0.163. The SMILES string of the molecule is COC1=CCC2(N)CN(C)CC1(N)C2. The maximum atomic E-state index is 6.32. The first-order valence-corrected chi connectivity index (χ1v) is 4.98. The van der Waals surface area contributed by atoms with Crippen LogP contribution in [0.25, 0.3) is 0 Å². The Kier molecular flexibility index (Phi) is 2.10. The molecule has 0 aromatic rings. The molecule has 1 aliphatic carbocycles. The first-order valence-electron chi connectivity index (χ1n) is 4.98. The fourth-order valence-corrected chi connectivity index (χ4v) is 2.90. The largest absolute Gasteiger partial charge is 0.499 e. The van der Waals surface area contributed by atoms with E-state index >= 15 is 0 Å². The zero-order chi connectivity index (χ0) is 10.4. The van der Waals surface area contributed by atoms with Crippen LogP contribution in [0.15, 0.2) is 11.8 Å². The number of likely N-dealkylation sites (N-methyl/N-ethyl adjacent to an activating group) is 1. The number of nitrogens with zero attached hydrogens (tertiary/aromatic N) is 1. The molecule has 4 heteroatoms. The summed E-state index contributed by atoms with van der Waals surface area (Å²) in [6.45, 7) is 1.74. The molecular formula is C10H19N3O. The Bertz CT molecular complexity index is 279. The van der Waals surface area contributed by atoms with E-state index in [9.17, 15) is 0 Å². The van der Waals surface area contributed by atoms with Crippen molar-refractivity contribution in [1.82, 2.24) is 4.90 Å². The zero-order valence-corrected chi connectivity index (χ0v) is 8.92. The summed E-state index contributed by atoms with van der Waals surface area (Å²) in [5.41, 5.74) is 12.0. The Morgan fingerprint density at radius 2 is 2.14 bits per heavy atom. The highest BCUT2D eigenvalue weighted by Gasteiger charge is 2.48. The number of fused-ring (bicyclic) bond motifs is 2. The second kappa shape index (κ2) is 2.95. The third-order valence-corrected chi connectivity index (χ3v) is 3.21. The Morgan fingerprint density at radius 1 is 1.43 bits per heavy atom. The van der Waals surface area contributed by atoms with Gasteiger partial charge in [0, 0.05) is 18.6 Å². The van der Waals surface area contributed by atoms with E-state index in [0.717, 1.165) is 31.7 Å². The van der Waals surface area contributed by atoms with E-state index in [4.69, 9.17) is 16.2 Å². The number of hydrogen-bond acceptors (Lipinski definition) is 4. The van der Waals surface area contributed by atoms with Gasteiger partial charge in [-0.2, -0.15) is 0 Å². The summed E-state index contributed by atoms with van der Waals surface area (Å²) in [4.78, 5) is 2.19. The molecule has 4 nitrogen and oxygen atoms in total. The molecule has 0 amide bonds. The second-order valence-electron chi connectivity index (χ2n) is 4.84. The molecule has 80 valence electrons. The molecule has 1 aliphatic heterocycles. The Balaban J connectivity index is 2.33. The number of likely N-dealkylation sites (tertiary alicyclic amines) is 1. The fourth-order valence-electron chi connectivity index (χ4n) is 2.90. The standard InChI is InChI=1S/C10H19N3O/c1-13-6-9(11)4-3-8(14-2)10(12,5-9)7-13/h3H,4-7,11-12H2,1-2H3. The summed E-state index contributed by atoms with van der Waals surface area (Å²) in [5, 5.41) is 0. The lowest BCUT2D eigenvalue weighted by atomic mass is 9.71. The van der Waals surface area contributed by atoms with Crippen LogP contribution < -0.4 is 11.5 Å². The van der Waals surface area contributed by atoms with Crippen LogP contribution in [0.1, 0.15) is 12.8 Å². The second-order valence-corrected chi connectivity index (χ2v) is 4.84. The van der Waals surface area contributed by atoms with Crippen LogP contribution in [0.4, 0.5) is 0 Å². The minimum Gasteiger partial charge on any atom is -0.499 e. The molecule has 1 heterocycles. The molecule has 0 aromatic carbocycles. The number of methoxy groups -OCH3 is 1. The van der Waals surface area contributed by atoms with Crippen LogP contribution in [-0.2, 0) is 4.74 Å². The van der Waals surface area contributed by atoms with Gasteiger partial charge in [-0.05, 0) is 26.0 Å². The van der Waals surface area contributed by atoms with Gasteiger partial charge in [-0.3, -0.25) is 0 Å². The van der Waals surface area contributed by atoms with Crippen molar-refractivity contribution in [3.8, 4) is 0 Å². The van der Waals surface area contributed by atoms with Crippen LogP contribution in [0.3, 0.4) is 0 Å². The van der Waals surface area contributed by atoms with Gasteiger partial charge >= 0.3 is 0 Å². The van der Waals surface area contributed by atoms with Gasteiger partial charge in [0.05, 0.1) is 12.6 Å². The lowest BCUT2D eigenvalue weighted by molar-refractivity contribution is 0.0711. The quantitative estimate of drug-likeness (QED) is 0.603. The summed E-state index contributed by atoms with van der Waals surface area (Å²) in [6, 6.07) is 0. The van der Waals surface area contributed by atoms with E-state index in [1.54, 1.807) is 7.11 Å². The molecule has 4 N–H and O–H groups in total. The predicted molar refractivity (Wildman–Crippen MR) is 55.7 cm³/mol. The normalized spacial score (nSPS) is 43.3. The highest BCUT2D eigenvalue weighted by molar-refractivity contribution is 5.25. The van der Waals surface area contributed by atoms with Crippen LogP contribution in [-0.4, -0.2) is 43.2 Å². The van der Waals surface area contributed by atoms with Crippen LogP contribution in [0.5, 0.6) is 0 Å². The highest BCUT2D eigenvalue weighted by atomic mass is 16.5. The zero-order valence-electron chi connectivity index (χ0n) is 8.92. The van der Waals surface area contributed by atoms with Gasteiger partial charge in [-0.15, -0.1) is 0 Å². The Morgan fingerprint density at radius 3 is 2.79 bits per heavy atom. The van der Waals surface area contributed by atoms with Gasteiger partial charge in [0.2, 0.25) is 0 Å². The maximum Gasteiger partial charge on any atom is 0.113 e. The third kappa shape index (κ3) is 1.43. The molecular weight excluding hydrogens is 178 g/mol. The molecule has 1 saturated heterocycles. The van der Waals surface area contributed by atoms with Crippen molar-refractivity contribution in [2.24, 2.45) is 11.5 Å². The molecule has 2 bridgehead atoms. The van der Waals surface area contributed by atoms with Crippen molar-refractivity contribution in [2.75, 3.05) is 27.2 Å². The van der Waals surface area contributed by atoms with Crippen molar-refractivity contribution >= 4 is 0 Å². The summed E-state index contributed by atoms with van der Waals surface area (Å²) in [7, 11) is 3.74. The Hall–Kier alpha value is -0.580. The summed E-state index contributed by atoms with van der Waals surface area (Å²) >= 11 is 0. The average molecular weight is 197 g/mol. The third-order valence-electron chi connectivity index (χ3n) is 3.21. The Labute approximate surface area is 84.9 Å². The monoisotopic (exact) mass is 197 g/mol. The van der Waals surface area contributed by atoms with E-state index in [1.165, 1.54) is 0 Å². The molecule has 0 aromatic heterocycles. The number of ether oxygens (including phenoxy) is 1. The smallest absolute Gasteiger partial charge is 0.113 e. The van der Waals surface area contributed by atoms with E-state index in [1.807, 2.05) is 0 Å². The molecule has 1 fully saturated rings. The van der Waals surface area contributed by atoms with Crippen molar-refractivity contribution in [1.29, 1.82) is 0 Å². The summed E-state index contributed by atoms with van der Waals surface area (Å²) in [5.74, 6) is 0.894. The summed E-state index contributed by atoms with van der Waals surface area (Å²) < 4.78 is 5.33. The molecule has 0 spiro atoms. The van der Waals surface area contributed by atoms with Crippen molar-refractivity contribution in [3.05, 3.63) is 11.8 Å². The van der Waals surface area contributed by atoms with Crippen LogP contribution in [0, 0.1) is 0 Å². The average Bonchev–Trinajstić information content (AvgIpc) is 2.00. The lowest BCUT2D eigenvalue weighted by Crippen LogP contribution is -2.68. The van der Waals surface area contributed by atoms with Gasteiger partial charge in [-0.1, -0.05) is 0 Å². The predicted octanol–water partition coefficient (Wildman–Crippen LogP) is -0.349. The number of hydrogen-bond donors (Lipinski definition) is 2. The van der Waals surface area contributed by atoms with E-state index < -0.39 is 0 Å². The van der Waals surface area contributed by atoms with Crippen molar-refractivity contribution in [2.45, 2.75) is 23.9 Å². The first kappa shape index (κ1) is 9.96. The number of rotatable bonds is 1. The van der Waals surface area contributed by atoms with Gasteiger partial charge in [0.25, 0.3) is 0 Å². The molecule has 2 atom stereocenters. The van der Waals surface area contributed by atoms with Crippen molar-refractivity contribution < 1.29 is 4.74 Å². The number of piperidine rings is 1. The van der Waals surface area contributed by atoms with Gasteiger partial charge in [-0.25, -0.2) is 0 Å². The van der Waals surface area contributed by atoms with E-state index in [2.05, 4.69) is 18.0 Å². The van der Waals surface area contributed by atoms with Gasteiger partial charge in [0.15, 0.2) is 0 Å². The van der Waals surface area contributed by atoms with Crippen LogP contribution in [0.2, 0.25) is 0 Å².